The molecular formula is C16H27NO3. The van der Waals surface area contributed by atoms with Gasteiger partial charge in [0, 0.05) is 19.5 Å². The van der Waals surface area contributed by atoms with Gasteiger partial charge in [-0.15, -0.1) is 0 Å². The van der Waals surface area contributed by atoms with Crippen molar-refractivity contribution in [3.05, 3.63) is 0 Å². The third kappa shape index (κ3) is 3.33. The SMILES string of the molecule is CC(CN(C)C(=O)C1CCCC2CCCCC21)C(=O)O. The van der Waals surface area contributed by atoms with Gasteiger partial charge in [0.1, 0.15) is 0 Å². The number of amides is 1. The van der Waals surface area contributed by atoms with Crippen LogP contribution >= 0.6 is 0 Å². The normalized spacial score (nSPS) is 31.2. The fourth-order valence-electron chi connectivity index (χ4n) is 4.11. The highest BCUT2D eigenvalue weighted by Crippen LogP contribution is 2.44. The number of aliphatic carboxylic acids is 1. The molecule has 2 saturated carbocycles. The smallest absolute Gasteiger partial charge is 0.308 e. The molecule has 0 aromatic carbocycles. The third-order valence-corrected chi connectivity index (χ3v) is 5.24. The van der Waals surface area contributed by atoms with Crippen LogP contribution in [0.25, 0.3) is 0 Å². The number of hydrogen-bond acceptors (Lipinski definition) is 2. The molecule has 0 aromatic heterocycles. The molecule has 2 fully saturated rings. The molecule has 0 heterocycles. The van der Waals surface area contributed by atoms with E-state index in [2.05, 4.69) is 0 Å². The molecule has 4 nitrogen and oxygen atoms in total. The summed E-state index contributed by atoms with van der Waals surface area (Å²) in [6.07, 6.45) is 8.45. The van der Waals surface area contributed by atoms with Crippen LogP contribution < -0.4 is 0 Å². The second-order valence-electron chi connectivity index (χ2n) is 6.70. The Kier molecular flexibility index (Phi) is 5.06. The third-order valence-electron chi connectivity index (χ3n) is 5.24. The highest BCUT2D eigenvalue weighted by Gasteiger charge is 2.39. The molecule has 2 rings (SSSR count). The molecule has 0 bridgehead atoms. The van der Waals surface area contributed by atoms with Crippen LogP contribution in [-0.2, 0) is 9.59 Å². The van der Waals surface area contributed by atoms with Crippen molar-refractivity contribution in [3.63, 3.8) is 0 Å². The summed E-state index contributed by atoms with van der Waals surface area (Å²) in [4.78, 5) is 25.2. The van der Waals surface area contributed by atoms with Crippen molar-refractivity contribution in [2.24, 2.45) is 23.7 Å². The molecule has 20 heavy (non-hydrogen) atoms. The van der Waals surface area contributed by atoms with Crippen LogP contribution in [-0.4, -0.2) is 35.5 Å². The molecule has 0 spiro atoms. The van der Waals surface area contributed by atoms with E-state index in [9.17, 15) is 9.59 Å². The predicted molar refractivity (Wildman–Crippen MR) is 77.2 cm³/mol. The zero-order chi connectivity index (χ0) is 14.7. The minimum atomic E-state index is -0.830. The van der Waals surface area contributed by atoms with Gasteiger partial charge in [-0.1, -0.05) is 39.0 Å². The highest BCUT2D eigenvalue weighted by atomic mass is 16.4. The lowest BCUT2D eigenvalue weighted by molar-refractivity contribution is -0.144. The molecule has 0 radical (unpaired) electrons. The summed E-state index contributed by atoms with van der Waals surface area (Å²) in [7, 11) is 1.76. The van der Waals surface area contributed by atoms with E-state index in [-0.39, 0.29) is 11.8 Å². The minimum absolute atomic E-state index is 0.139. The second kappa shape index (κ2) is 6.59. The lowest BCUT2D eigenvalue weighted by Gasteiger charge is -2.42. The Labute approximate surface area is 121 Å². The first-order valence-electron chi connectivity index (χ1n) is 7.98. The van der Waals surface area contributed by atoms with Crippen molar-refractivity contribution in [1.82, 2.24) is 4.90 Å². The zero-order valence-electron chi connectivity index (χ0n) is 12.7. The van der Waals surface area contributed by atoms with Crippen molar-refractivity contribution in [3.8, 4) is 0 Å². The summed E-state index contributed by atoms with van der Waals surface area (Å²) >= 11 is 0. The molecule has 1 amide bonds. The predicted octanol–water partition coefficient (Wildman–Crippen LogP) is 2.77. The van der Waals surface area contributed by atoms with Gasteiger partial charge in [-0.05, 0) is 24.7 Å². The molecule has 0 aromatic rings. The second-order valence-corrected chi connectivity index (χ2v) is 6.70. The van der Waals surface area contributed by atoms with Crippen LogP contribution in [0.4, 0.5) is 0 Å². The van der Waals surface area contributed by atoms with Crippen LogP contribution in [0, 0.1) is 23.7 Å². The summed E-state index contributed by atoms with van der Waals surface area (Å²) in [5, 5.41) is 8.97. The summed E-state index contributed by atoms with van der Waals surface area (Å²) in [6, 6.07) is 0. The van der Waals surface area contributed by atoms with Crippen molar-refractivity contribution in [2.45, 2.75) is 51.9 Å². The van der Waals surface area contributed by atoms with Gasteiger partial charge in [0.05, 0.1) is 5.92 Å². The molecule has 4 heteroatoms. The lowest BCUT2D eigenvalue weighted by Crippen LogP contribution is -2.44. The number of carbonyl (C=O) groups is 2. The van der Waals surface area contributed by atoms with E-state index in [0.717, 1.165) is 18.8 Å². The highest BCUT2D eigenvalue weighted by molar-refractivity contribution is 5.80. The average molecular weight is 281 g/mol. The number of carboxylic acid groups (broad SMARTS) is 1. The van der Waals surface area contributed by atoms with E-state index in [1.165, 1.54) is 32.1 Å². The van der Waals surface area contributed by atoms with E-state index >= 15 is 0 Å². The van der Waals surface area contributed by atoms with Gasteiger partial charge in [0.2, 0.25) is 5.91 Å². The summed E-state index contributed by atoms with van der Waals surface area (Å²) in [5.74, 6) is 0.276. The number of fused-ring (bicyclic) bond motifs is 1. The maximum atomic E-state index is 12.6. The largest absolute Gasteiger partial charge is 0.481 e. The van der Waals surface area contributed by atoms with E-state index in [0.29, 0.717) is 12.5 Å². The van der Waals surface area contributed by atoms with Crippen LogP contribution in [0.2, 0.25) is 0 Å². The summed E-state index contributed by atoms with van der Waals surface area (Å²) < 4.78 is 0. The van der Waals surface area contributed by atoms with E-state index in [1.807, 2.05) is 0 Å². The summed E-state index contributed by atoms with van der Waals surface area (Å²) in [5.41, 5.74) is 0. The van der Waals surface area contributed by atoms with Crippen molar-refractivity contribution in [2.75, 3.05) is 13.6 Å². The minimum Gasteiger partial charge on any atom is -0.481 e. The monoisotopic (exact) mass is 281 g/mol. The Bertz CT molecular complexity index is 367. The van der Waals surface area contributed by atoms with Gasteiger partial charge in [-0.25, -0.2) is 0 Å². The van der Waals surface area contributed by atoms with Gasteiger partial charge >= 0.3 is 5.97 Å². The van der Waals surface area contributed by atoms with E-state index in [1.54, 1.807) is 18.9 Å². The number of nitrogens with zero attached hydrogens (tertiary/aromatic N) is 1. The Hall–Kier alpha value is -1.06. The van der Waals surface area contributed by atoms with Crippen molar-refractivity contribution < 1.29 is 14.7 Å². The Morgan fingerprint density at radius 1 is 1.15 bits per heavy atom. The Morgan fingerprint density at radius 3 is 2.50 bits per heavy atom. The first-order valence-corrected chi connectivity index (χ1v) is 7.98. The standard InChI is InChI=1S/C16H27NO3/c1-11(16(19)20)10-17(2)15(18)14-9-5-7-12-6-3-4-8-13(12)14/h11-14H,3-10H2,1-2H3,(H,19,20). The van der Waals surface area contributed by atoms with Crippen LogP contribution in [0.3, 0.4) is 0 Å². The first kappa shape index (κ1) is 15.3. The Morgan fingerprint density at radius 2 is 1.80 bits per heavy atom. The molecule has 0 saturated heterocycles. The van der Waals surface area contributed by atoms with Gasteiger partial charge in [-0.2, -0.15) is 0 Å². The van der Waals surface area contributed by atoms with Crippen molar-refractivity contribution >= 4 is 11.9 Å². The maximum absolute atomic E-state index is 12.6. The maximum Gasteiger partial charge on any atom is 0.308 e. The topological polar surface area (TPSA) is 57.6 Å². The number of carboxylic acids is 1. The molecule has 0 aliphatic heterocycles. The average Bonchev–Trinajstić information content (AvgIpc) is 2.45. The lowest BCUT2D eigenvalue weighted by atomic mass is 9.65. The quantitative estimate of drug-likeness (QED) is 0.862. The van der Waals surface area contributed by atoms with E-state index in [4.69, 9.17) is 5.11 Å². The van der Waals surface area contributed by atoms with Crippen molar-refractivity contribution in [1.29, 1.82) is 0 Å². The van der Waals surface area contributed by atoms with Crippen LogP contribution in [0.15, 0.2) is 0 Å². The molecule has 2 aliphatic carbocycles. The van der Waals surface area contributed by atoms with Gasteiger partial charge < -0.3 is 10.0 Å². The zero-order valence-corrected chi connectivity index (χ0v) is 12.7. The molecule has 1 N–H and O–H groups in total. The first-order chi connectivity index (χ1) is 9.50. The molecule has 4 unspecified atom stereocenters. The van der Waals surface area contributed by atoms with Gasteiger partial charge in [0.15, 0.2) is 0 Å². The van der Waals surface area contributed by atoms with E-state index < -0.39 is 11.9 Å². The molecule has 114 valence electrons. The Balaban J connectivity index is 1.97. The molecule has 4 atom stereocenters. The number of rotatable bonds is 4. The van der Waals surface area contributed by atoms with Crippen LogP contribution in [0.1, 0.15) is 51.9 Å². The molecular weight excluding hydrogens is 254 g/mol. The van der Waals surface area contributed by atoms with Crippen LogP contribution in [0.5, 0.6) is 0 Å². The van der Waals surface area contributed by atoms with Gasteiger partial charge in [0.25, 0.3) is 0 Å². The van der Waals surface area contributed by atoms with Gasteiger partial charge in [-0.3, -0.25) is 9.59 Å². The number of hydrogen-bond donors (Lipinski definition) is 1. The summed E-state index contributed by atoms with van der Waals surface area (Å²) in [6.45, 7) is 1.98. The fraction of sp³-hybridized carbons (Fsp3) is 0.875. The number of carbonyl (C=O) groups excluding carboxylic acids is 1. The molecule has 2 aliphatic rings. The fourth-order valence-corrected chi connectivity index (χ4v) is 4.11.